The van der Waals surface area contributed by atoms with E-state index in [-0.39, 0.29) is 0 Å². The van der Waals surface area contributed by atoms with Gasteiger partial charge < -0.3 is 10.1 Å². The summed E-state index contributed by atoms with van der Waals surface area (Å²) in [6.45, 7) is 3.84. The van der Waals surface area contributed by atoms with Gasteiger partial charge in [0.1, 0.15) is 5.82 Å². The molecule has 1 aliphatic heterocycles. The van der Waals surface area contributed by atoms with Crippen molar-refractivity contribution in [3.63, 3.8) is 0 Å². The van der Waals surface area contributed by atoms with E-state index < -0.39 is 0 Å². The van der Waals surface area contributed by atoms with Gasteiger partial charge in [0.15, 0.2) is 0 Å². The monoisotopic (exact) mass is 195 g/mol. The van der Waals surface area contributed by atoms with Crippen LogP contribution in [0.3, 0.4) is 0 Å². The van der Waals surface area contributed by atoms with Crippen LogP contribution in [-0.4, -0.2) is 29.5 Å². The van der Waals surface area contributed by atoms with Gasteiger partial charge in [-0.2, -0.15) is 5.10 Å². The van der Waals surface area contributed by atoms with Crippen LogP contribution in [0.15, 0.2) is 6.07 Å². The van der Waals surface area contributed by atoms with E-state index >= 15 is 0 Å². The molecule has 0 unspecified atom stereocenters. The summed E-state index contributed by atoms with van der Waals surface area (Å²) in [4.78, 5) is 0. The lowest BCUT2D eigenvalue weighted by Gasteiger charge is -2.22. The first-order chi connectivity index (χ1) is 6.88. The third-order valence-electron chi connectivity index (χ3n) is 2.59. The SMILES string of the molecule is CCc1cc(NC2CCOCC2)n[nH]1. The number of aryl methyl sites for hydroxylation is 1. The summed E-state index contributed by atoms with van der Waals surface area (Å²) in [5, 5.41) is 10.6. The zero-order valence-corrected chi connectivity index (χ0v) is 8.55. The molecule has 4 nitrogen and oxygen atoms in total. The second-order valence-corrected chi connectivity index (χ2v) is 3.66. The van der Waals surface area contributed by atoms with Crippen molar-refractivity contribution >= 4 is 5.82 Å². The fourth-order valence-corrected chi connectivity index (χ4v) is 1.67. The highest BCUT2D eigenvalue weighted by Crippen LogP contribution is 2.13. The predicted octanol–water partition coefficient (Wildman–Crippen LogP) is 1.56. The Kier molecular flexibility index (Phi) is 3.03. The minimum Gasteiger partial charge on any atom is -0.381 e. The van der Waals surface area contributed by atoms with Gasteiger partial charge in [0.2, 0.25) is 0 Å². The average Bonchev–Trinajstić information content (AvgIpc) is 2.67. The highest BCUT2D eigenvalue weighted by Gasteiger charge is 2.14. The van der Waals surface area contributed by atoms with Crippen LogP contribution < -0.4 is 5.32 Å². The fraction of sp³-hybridized carbons (Fsp3) is 0.700. The van der Waals surface area contributed by atoms with Crippen LogP contribution in [-0.2, 0) is 11.2 Å². The van der Waals surface area contributed by atoms with Crippen LogP contribution in [0.4, 0.5) is 5.82 Å². The number of ether oxygens (including phenoxy) is 1. The molecule has 0 radical (unpaired) electrons. The van der Waals surface area contributed by atoms with Crippen LogP contribution in [0.2, 0.25) is 0 Å². The zero-order chi connectivity index (χ0) is 9.80. The smallest absolute Gasteiger partial charge is 0.148 e. The Balaban J connectivity index is 1.89. The molecule has 0 amide bonds. The maximum Gasteiger partial charge on any atom is 0.148 e. The molecular weight excluding hydrogens is 178 g/mol. The van der Waals surface area contributed by atoms with Gasteiger partial charge in [-0.05, 0) is 19.3 Å². The van der Waals surface area contributed by atoms with Crippen LogP contribution in [0.25, 0.3) is 0 Å². The Labute approximate surface area is 84.0 Å². The number of rotatable bonds is 3. The largest absolute Gasteiger partial charge is 0.381 e. The minimum atomic E-state index is 0.525. The van der Waals surface area contributed by atoms with Crippen molar-refractivity contribution in [3.8, 4) is 0 Å². The molecule has 2 heterocycles. The Morgan fingerprint density at radius 2 is 2.36 bits per heavy atom. The van der Waals surface area contributed by atoms with Gasteiger partial charge in [-0.25, -0.2) is 0 Å². The summed E-state index contributed by atoms with van der Waals surface area (Å²) >= 11 is 0. The minimum absolute atomic E-state index is 0.525. The fourth-order valence-electron chi connectivity index (χ4n) is 1.67. The number of aromatic nitrogens is 2. The lowest BCUT2D eigenvalue weighted by molar-refractivity contribution is 0.0904. The molecule has 1 aromatic rings. The summed E-state index contributed by atoms with van der Waals surface area (Å²) in [6.07, 6.45) is 3.16. The molecule has 14 heavy (non-hydrogen) atoms. The zero-order valence-electron chi connectivity index (χ0n) is 8.55. The molecule has 0 bridgehead atoms. The molecule has 1 saturated heterocycles. The maximum absolute atomic E-state index is 5.30. The number of H-pyrrole nitrogens is 1. The molecule has 1 aromatic heterocycles. The van der Waals surface area contributed by atoms with E-state index in [1.165, 1.54) is 5.69 Å². The van der Waals surface area contributed by atoms with E-state index in [9.17, 15) is 0 Å². The van der Waals surface area contributed by atoms with Crippen molar-refractivity contribution in [2.75, 3.05) is 18.5 Å². The summed E-state index contributed by atoms with van der Waals surface area (Å²) < 4.78 is 5.30. The van der Waals surface area contributed by atoms with Gasteiger partial charge in [-0.15, -0.1) is 0 Å². The molecule has 0 atom stereocenters. The van der Waals surface area contributed by atoms with Crippen molar-refractivity contribution in [2.45, 2.75) is 32.2 Å². The van der Waals surface area contributed by atoms with E-state index in [0.29, 0.717) is 6.04 Å². The van der Waals surface area contributed by atoms with Gasteiger partial charge in [-0.1, -0.05) is 6.92 Å². The Hall–Kier alpha value is -1.03. The second-order valence-electron chi connectivity index (χ2n) is 3.66. The molecule has 0 spiro atoms. The first kappa shape index (κ1) is 9.52. The van der Waals surface area contributed by atoms with Crippen molar-refractivity contribution < 1.29 is 4.74 Å². The standard InChI is InChI=1S/C10H17N3O/c1-2-8-7-10(13-12-8)11-9-3-5-14-6-4-9/h7,9H,2-6H2,1H3,(H2,11,12,13). The number of anilines is 1. The molecule has 0 aliphatic carbocycles. The predicted molar refractivity (Wildman–Crippen MR) is 55.4 cm³/mol. The van der Waals surface area contributed by atoms with Crippen LogP contribution in [0.1, 0.15) is 25.5 Å². The lowest BCUT2D eigenvalue weighted by atomic mass is 10.1. The highest BCUT2D eigenvalue weighted by atomic mass is 16.5. The van der Waals surface area contributed by atoms with Crippen LogP contribution in [0.5, 0.6) is 0 Å². The number of hydrogen-bond donors (Lipinski definition) is 2. The van der Waals surface area contributed by atoms with E-state index in [1.807, 2.05) is 0 Å². The third-order valence-corrected chi connectivity index (χ3v) is 2.59. The summed E-state index contributed by atoms with van der Waals surface area (Å²) in [7, 11) is 0. The molecule has 4 heteroatoms. The van der Waals surface area contributed by atoms with Gasteiger partial charge in [0, 0.05) is 31.0 Å². The van der Waals surface area contributed by atoms with Gasteiger partial charge in [0.25, 0.3) is 0 Å². The normalized spacial score (nSPS) is 18.4. The average molecular weight is 195 g/mol. The Morgan fingerprint density at radius 3 is 3.00 bits per heavy atom. The van der Waals surface area contributed by atoms with E-state index in [0.717, 1.165) is 38.3 Å². The number of aromatic amines is 1. The third kappa shape index (κ3) is 2.26. The number of hydrogen-bond acceptors (Lipinski definition) is 3. The first-order valence-corrected chi connectivity index (χ1v) is 5.27. The molecule has 2 N–H and O–H groups in total. The molecule has 0 saturated carbocycles. The van der Waals surface area contributed by atoms with Crippen LogP contribution in [0, 0.1) is 0 Å². The summed E-state index contributed by atoms with van der Waals surface area (Å²) in [5.74, 6) is 0.966. The lowest BCUT2D eigenvalue weighted by Crippen LogP contribution is -2.27. The molecular formula is C10H17N3O. The quantitative estimate of drug-likeness (QED) is 0.769. The Bertz CT molecular complexity index is 279. The van der Waals surface area contributed by atoms with Gasteiger partial charge >= 0.3 is 0 Å². The Morgan fingerprint density at radius 1 is 1.57 bits per heavy atom. The maximum atomic E-state index is 5.30. The number of nitrogens with zero attached hydrogens (tertiary/aromatic N) is 1. The van der Waals surface area contributed by atoms with Crippen molar-refractivity contribution in [2.24, 2.45) is 0 Å². The highest BCUT2D eigenvalue weighted by molar-refractivity contribution is 5.36. The molecule has 78 valence electrons. The van der Waals surface area contributed by atoms with E-state index in [4.69, 9.17) is 4.74 Å². The van der Waals surface area contributed by atoms with Gasteiger partial charge in [0.05, 0.1) is 0 Å². The molecule has 0 aromatic carbocycles. The number of nitrogens with one attached hydrogen (secondary N) is 2. The molecule has 1 fully saturated rings. The second kappa shape index (κ2) is 4.46. The van der Waals surface area contributed by atoms with E-state index in [2.05, 4.69) is 28.5 Å². The van der Waals surface area contributed by atoms with Crippen molar-refractivity contribution in [1.82, 2.24) is 10.2 Å². The molecule has 2 rings (SSSR count). The first-order valence-electron chi connectivity index (χ1n) is 5.27. The van der Waals surface area contributed by atoms with E-state index in [1.54, 1.807) is 0 Å². The topological polar surface area (TPSA) is 49.9 Å². The van der Waals surface area contributed by atoms with Gasteiger partial charge in [-0.3, -0.25) is 5.10 Å². The van der Waals surface area contributed by atoms with Crippen LogP contribution >= 0.6 is 0 Å². The van der Waals surface area contributed by atoms with Crippen molar-refractivity contribution in [1.29, 1.82) is 0 Å². The van der Waals surface area contributed by atoms with Crippen molar-refractivity contribution in [3.05, 3.63) is 11.8 Å². The summed E-state index contributed by atoms with van der Waals surface area (Å²) in [5.41, 5.74) is 1.18. The summed E-state index contributed by atoms with van der Waals surface area (Å²) in [6, 6.07) is 2.60. The molecule has 1 aliphatic rings.